The number of hydrogen-bond acceptors (Lipinski definition) is 6. The van der Waals surface area contributed by atoms with Crippen molar-refractivity contribution in [3.63, 3.8) is 0 Å². The van der Waals surface area contributed by atoms with E-state index in [1.807, 2.05) is 0 Å². The van der Waals surface area contributed by atoms with Crippen LogP contribution >= 0.6 is 0 Å². The molecule has 2 aromatic carbocycles. The van der Waals surface area contributed by atoms with E-state index in [-0.39, 0.29) is 13.2 Å². The number of anilines is 2. The number of methoxy groups -OCH3 is 2. The lowest BCUT2D eigenvalue weighted by atomic mass is 10.3. The number of carbonyl (C=O) groups excluding carboxylic acids is 2. The molecule has 0 aliphatic rings. The van der Waals surface area contributed by atoms with E-state index < -0.39 is 12.2 Å². The molecule has 0 heterocycles. The van der Waals surface area contributed by atoms with Crippen molar-refractivity contribution in [1.82, 2.24) is 0 Å². The molecule has 0 aliphatic heterocycles. The largest absolute Gasteiger partial charge is 0.497 e. The lowest BCUT2D eigenvalue weighted by Crippen LogP contribution is -2.14. The van der Waals surface area contributed by atoms with Crippen molar-refractivity contribution in [2.75, 3.05) is 38.1 Å². The van der Waals surface area contributed by atoms with Crippen molar-refractivity contribution in [2.24, 2.45) is 0 Å². The Bertz CT molecular complexity index is 942. The van der Waals surface area contributed by atoms with Crippen LogP contribution in [0.3, 0.4) is 0 Å². The van der Waals surface area contributed by atoms with Crippen LogP contribution in [-0.2, 0) is 9.47 Å². The second-order valence-electron chi connectivity index (χ2n) is 6.79. The van der Waals surface area contributed by atoms with Gasteiger partial charge in [0.15, 0.2) is 0 Å². The van der Waals surface area contributed by atoms with Gasteiger partial charge in [0.25, 0.3) is 0 Å². The van der Waals surface area contributed by atoms with Gasteiger partial charge in [-0.1, -0.05) is 11.8 Å². The van der Waals surface area contributed by atoms with Crippen molar-refractivity contribution in [3.8, 4) is 35.2 Å². The highest BCUT2D eigenvalue weighted by Gasteiger charge is 2.03. The highest BCUT2D eigenvalue weighted by atomic mass is 16.6. The van der Waals surface area contributed by atoms with Gasteiger partial charge in [-0.25, -0.2) is 9.59 Å². The predicted octanol–water partition coefficient (Wildman–Crippen LogP) is 5.07. The molecule has 0 saturated heterocycles. The first-order valence-electron chi connectivity index (χ1n) is 10.7. The van der Waals surface area contributed by atoms with Crippen LogP contribution in [0.4, 0.5) is 21.0 Å². The predicted molar refractivity (Wildman–Crippen MR) is 130 cm³/mol. The smallest absolute Gasteiger partial charge is 0.411 e. The average molecular weight is 465 g/mol. The number of ether oxygens (including phenoxy) is 4. The van der Waals surface area contributed by atoms with Crippen molar-refractivity contribution >= 4 is 23.6 Å². The molecule has 0 saturated carbocycles. The van der Waals surface area contributed by atoms with Crippen molar-refractivity contribution in [3.05, 3.63) is 48.5 Å². The Morgan fingerprint density at radius 1 is 0.676 bits per heavy atom. The summed E-state index contributed by atoms with van der Waals surface area (Å²) < 4.78 is 20.3. The molecule has 0 unspecified atom stereocenters. The second-order valence-corrected chi connectivity index (χ2v) is 6.79. The minimum atomic E-state index is -0.516. The first kappa shape index (κ1) is 26.0. The van der Waals surface area contributed by atoms with E-state index in [2.05, 4.69) is 34.3 Å². The van der Waals surface area contributed by atoms with E-state index in [0.29, 0.717) is 48.6 Å². The molecule has 178 valence electrons. The normalized spacial score (nSPS) is 9.35. The highest BCUT2D eigenvalue weighted by Crippen LogP contribution is 2.16. The minimum absolute atomic E-state index is 0.264. The van der Waals surface area contributed by atoms with Gasteiger partial charge in [0.2, 0.25) is 0 Å². The molecule has 8 nitrogen and oxygen atoms in total. The molecule has 2 rings (SSSR count). The maximum atomic E-state index is 11.7. The lowest BCUT2D eigenvalue weighted by Gasteiger charge is -2.06. The summed E-state index contributed by atoms with van der Waals surface area (Å²) >= 11 is 0. The molecular formula is C26H28N2O6. The number of carbonyl (C=O) groups is 2. The van der Waals surface area contributed by atoms with Gasteiger partial charge in [0, 0.05) is 24.2 Å². The molecular weight excluding hydrogens is 436 g/mol. The number of unbranched alkanes of at least 4 members (excludes halogenated alkanes) is 2. The fourth-order valence-electron chi connectivity index (χ4n) is 2.52. The van der Waals surface area contributed by atoms with Gasteiger partial charge in [0.05, 0.1) is 27.4 Å². The molecule has 0 aromatic heterocycles. The van der Waals surface area contributed by atoms with E-state index in [1.54, 1.807) is 62.8 Å². The molecule has 0 atom stereocenters. The van der Waals surface area contributed by atoms with E-state index in [9.17, 15) is 9.59 Å². The van der Waals surface area contributed by atoms with Crippen LogP contribution in [0.5, 0.6) is 11.5 Å². The Hall–Kier alpha value is -4.30. The van der Waals surface area contributed by atoms with Gasteiger partial charge < -0.3 is 18.9 Å². The molecule has 0 radical (unpaired) electrons. The Morgan fingerprint density at radius 3 is 1.41 bits per heavy atom. The van der Waals surface area contributed by atoms with Crippen LogP contribution in [-0.4, -0.2) is 39.6 Å². The third-order valence-electron chi connectivity index (χ3n) is 4.27. The van der Waals surface area contributed by atoms with Gasteiger partial charge in [-0.05, 0) is 73.2 Å². The van der Waals surface area contributed by atoms with E-state index >= 15 is 0 Å². The fourth-order valence-corrected chi connectivity index (χ4v) is 2.52. The third-order valence-corrected chi connectivity index (χ3v) is 4.27. The zero-order valence-corrected chi connectivity index (χ0v) is 19.3. The summed E-state index contributed by atoms with van der Waals surface area (Å²) in [7, 11) is 3.16. The molecule has 2 amide bonds. The van der Waals surface area contributed by atoms with E-state index in [0.717, 1.165) is 0 Å². The molecule has 8 heteroatoms. The number of rotatable bonds is 10. The van der Waals surface area contributed by atoms with Crippen LogP contribution in [0, 0.1) is 23.7 Å². The Morgan fingerprint density at radius 2 is 1.06 bits per heavy atom. The lowest BCUT2D eigenvalue weighted by molar-refractivity contribution is 0.160. The summed E-state index contributed by atoms with van der Waals surface area (Å²) in [6.07, 6.45) is 1.33. The van der Waals surface area contributed by atoms with Crippen LogP contribution in [0.2, 0.25) is 0 Å². The van der Waals surface area contributed by atoms with Gasteiger partial charge in [-0.2, -0.15) is 0 Å². The number of amides is 2. The van der Waals surface area contributed by atoms with Crippen molar-refractivity contribution in [1.29, 1.82) is 0 Å². The Labute approximate surface area is 199 Å². The monoisotopic (exact) mass is 464 g/mol. The van der Waals surface area contributed by atoms with Crippen LogP contribution in [0.15, 0.2) is 48.5 Å². The van der Waals surface area contributed by atoms with Crippen molar-refractivity contribution < 1.29 is 28.5 Å². The van der Waals surface area contributed by atoms with E-state index in [1.165, 1.54) is 0 Å². The Kier molecular flexibility index (Phi) is 11.8. The number of hydrogen-bond donors (Lipinski definition) is 2. The second kappa shape index (κ2) is 15.5. The van der Waals surface area contributed by atoms with Crippen molar-refractivity contribution in [2.45, 2.75) is 25.7 Å². The van der Waals surface area contributed by atoms with Crippen LogP contribution < -0.4 is 20.1 Å². The quantitative estimate of drug-likeness (QED) is 0.377. The highest BCUT2D eigenvalue weighted by molar-refractivity contribution is 5.85. The Balaban J connectivity index is 1.48. The first-order chi connectivity index (χ1) is 16.6. The summed E-state index contributed by atoms with van der Waals surface area (Å²) in [6, 6.07) is 13.9. The SMILES string of the molecule is COc1ccc(NC(=O)OCCCC#CC#CCCCOC(=O)Nc2ccc(OC)cc2)cc1. The summed E-state index contributed by atoms with van der Waals surface area (Å²) in [5.41, 5.74) is 1.26. The molecule has 2 aromatic rings. The van der Waals surface area contributed by atoms with Gasteiger partial charge in [-0.3, -0.25) is 10.6 Å². The molecule has 0 fully saturated rings. The zero-order chi connectivity index (χ0) is 24.4. The maximum Gasteiger partial charge on any atom is 0.411 e. The summed E-state index contributed by atoms with van der Waals surface area (Å²) in [5, 5.41) is 5.27. The van der Waals surface area contributed by atoms with Gasteiger partial charge in [-0.15, -0.1) is 0 Å². The molecule has 34 heavy (non-hydrogen) atoms. The molecule has 0 aliphatic carbocycles. The average Bonchev–Trinajstić information content (AvgIpc) is 2.85. The molecule has 0 bridgehead atoms. The van der Waals surface area contributed by atoms with Crippen LogP contribution in [0.25, 0.3) is 0 Å². The van der Waals surface area contributed by atoms with Crippen LogP contribution in [0.1, 0.15) is 25.7 Å². The molecule has 2 N–H and O–H groups in total. The number of nitrogens with one attached hydrogen (secondary N) is 2. The van der Waals surface area contributed by atoms with Gasteiger partial charge in [0.1, 0.15) is 11.5 Å². The summed E-state index contributed by atoms with van der Waals surface area (Å²) in [4.78, 5) is 23.4. The van der Waals surface area contributed by atoms with Gasteiger partial charge >= 0.3 is 12.2 Å². The fraction of sp³-hybridized carbons (Fsp3) is 0.308. The van der Waals surface area contributed by atoms with E-state index in [4.69, 9.17) is 18.9 Å². The zero-order valence-electron chi connectivity index (χ0n) is 19.3. The summed E-state index contributed by atoms with van der Waals surface area (Å²) in [6.45, 7) is 0.528. The topological polar surface area (TPSA) is 95.1 Å². The number of benzene rings is 2. The standard InChI is InChI=1S/C26H28N2O6/c1-31-23-15-11-21(12-16-23)27-25(29)33-19-9-7-5-3-4-6-8-10-20-34-26(30)28-22-13-17-24(32-2)18-14-22/h11-18H,7-10,19-20H2,1-2H3,(H,27,29)(H,28,30). The first-order valence-corrected chi connectivity index (χ1v) is 10.7. The maximum absolute atomic E-state index is 11.7. The minimum Gasteiger partial charge on any atom is -0.497 e. The molecule has 0 spiro atoms. The third kappa shape index (κ3) is 10.8. The summed E-state index contributed by atoms with van der Waals surface area (Å²) in [5.74, 6) is 12.8.